The summed E-state index contributed by atoms with van der Waals surface area (Å²) < 4.78 is 0. The van der Waals surface area contributed by atoms with Crippen LogP contribution in [0, 0.1) is 10.8 Å². The van der Waals surface area contributed by atoms with E-state index in [-0.39, 0.29) is 21.9 Å². The van der Waals surface area contributed by atoms with E-state index in [1.54, 1.807) is 0 Å². The molecule has 4 atom stereocenters. The maximum absolute atomic E-state index is 7.29. The van der Waals surface area contributed by atoms with Crippen LogP contribution >= 0.6 is 31.9 Å². The zero-order chi connectivity index (χ0) is 20.0. The Kier molecular flexibility index (Phi) is 9.18. The van der Waals surface area contributed by atoms with Crippen LogP contribution in [0.5, 0.6) is 0 Å². The van der Waals surface area contributed by atoms with Crippen molar-refractivity contribution in [3.05, 3.63) is 0 Å². The van der Waals surface area contributed by atoms with Crippen molar-refractivity contribution in [2.45, 2.75) is 121 Å². The first-order chi connectivity index (χ1) is 12.9. The topological polar surface area (TPSA) is 52.0 Å². The van der Waals surface area contributed by atoms with Crippen LogP contribution in [-0.2, 0) is 0 Å². The minimum absolute atomic E-state index is 0.0295. The molecular formula is C23H44Br2N2. The van der Waals surface area contributed by atoms with E-state index in [1.807, 2.05) is 0 Å². The van der Waals surface area contributed by atoms with Gasteiger partial charge in [-0.05, 0) is 68.6 Å². The number of hydrogen-bond acceptors (Lipinski definition) is 2. The van der Waals surface area contributed by atoms with Crippen LogP contribution in [0.15, 0.2) is 0 Å². The molecular weight excluding hydrogens is 464 g/mol. The molecule has 2 fully saturated rings. The van der Waals surface area contributed by atoms with Gasteiger partial charge in [-0.1, -0.05) is 84.2 Å². The third-order valence-electron chi connectivity index (χ3n) is 8.38. The van der Waals surface area contributed by atoms with Gasteiger partial charge in [-0.25, -0.2) is 0 Å². The van der Waals surface area contributed by atoms with Crippen LogP contribution < -0.4 is 11.5 Å². The smallest absolute Gasteiger partial charge is 0.0219 e. The van der Waals surface area contributed by atoms with E-state index >= 15 is 0 Å². The van der Waals surface area contributed by atoms with Crippen molar-refractivity contribution in [2.75, 3.05) is 10.7 Å². The fourth-order valence-electron chi connectivity index (χ4n) is 7.01. The average molecular weight is 508 g/mol. The Morgan fingerprint density at radius 3 is 1.33 bits per heavy atom. The van der Waals surface area contributed by atoms with Crippen molar-refractivity contribution in [1.29, 1.82) is 0 Å². The summed E-state index contributed by atoms with van der Waals surface area (Å²) in [5.74, 6) is 0. The Morgan fingerprint density at radius 1 is 0.630 bits per heavy atom. The third kappa shape index (κ3) is 4.80. The molecule has 2 aliphatic rings. The number of rotatable bonds is 10. The first-order valence-corrected chi connectivity index (χ1v) is 13.8. The molecule has 2 rings (SSSR count). The average Bonchev–Trinajstić information content (AvgIpc) is 2.61. The SMILES string of the molecule is CCCC1(CC2(CCC)CCCCC2(N)CCBr)CCCCC1(N)CCBr. The maximum Gasteiger partial charge on any atom is 0.0219 e. The Labute approximate surface area is 185 Å². The van der Waals surface area contributed by atoms with Gasteiger partial charge in [0.05, 0.1) is 0 Å². The van der Waals surface area contributed by atoms with Crippen LogP contribution in [0.4, 0.5) is 0 Å². The minimum Gasteiger partial charge on any atom is -0.325 e. The molecule has 0 amide bonds. The molecule has 160 valence electrons. The van der Waals surface area contributed by atoms with Crippen LogP contribution in [0.1, 0.15) is 110 Å². The number of nitrogens with two attached hydrogens (primary N) is 2. The van der Waals surface area contributed by atoms with Crippen LogP contribution in [0.3, 0.4) is 0 Å². The number of halogens is 2. The molecule has 0 heterocycles. The Hall–Kier alpha value is 0.880. The molecule has 0 aliphatic heterocycles. The van der Waals surface area contributed by atoms with Gasteiger partial charge in [-0.3, -0.25) is 0 Å². The summed E-state index contributed by atoms with van der Waals surface area (Å²) in [5, 5.41) is 2.04. The summed E-state index contributed by atoms with van der Waals surface area (Å²) in [6.07, 6.45) is 18.8. The summed E-state index contributed by atoms with van der Waals surface area (Å²) in [4.78, 5) is 0. The van der Waals surface area contributed by atoms with Crippen LogP contribution in [0.2, 0.25) is 0 Å². The normalized spacial score (nSPS) is 40.2. The van der Waals surface area contributed by atoms with Crippen LogP contribution in [-0.4, -0.2) is 21.7 Å². The van der Waals surface area contributed by atoms with Gasteiger partial charge >= 0.3 is 0 Å². The second-order valence-corrected chi connectivity index (χ2v) is 11.4. The summed E-state index contributed by atoms with van der Waals surface area (Å²) in [6.45, 7) is 4.71. The lowest BCUT2D eigenvalue weighted by Gasteiger charge is -2.61. The predicted octanol–water partition coefficient (Wildman–Crippen LogP) is 7.06. The fraction of sp³-hybridized carbons (Fsp3) is 1.00. The molecule has 0 aromatic heterocycles. The molecule has 4 heteroatoms. The van der Waals surface area contributed by atoms with Crippen molar-refractivity contribution in [3.8, 4) is 0 Å². The van der Waals surface area contributed by atoms with E-state index in [4.69, 9.17) is 11.5 Å². The monoisotopic (exact) mass is 506 g/mol. The van der Waals surface area contributed by atoms with E-state index in [2.05, 4.69) is 45.7 Å². The second kappa shape index (κ2) is 10.3. The van der Waals surface area contributed by atoms with Gasteiger partial charge in [-0.2, -0.15) is 0 Å². The van der Waals surface area contributed by atoms with E-state index < -0.39 is 0 Å². The molecule has 0 spiro atoms. The Bertz CT molecular complexity index is 404. The summed E-state index contributed by atoms with van der Waals surface area (Å²) in [6, 6.07) is 0. The van der Waals surface area contributed by atoms with E-state index in [1.165, 1.54) is 83.5 Å². The van der Waals surface area contributed by atoms with Crippen molar-refractivity contribution >= 4 is 31.9 Å². The molecule has 4 N–H and O–H groups in total. The second-order valence-electron chi connectivity index (χ2n) is 9.84. The molecule has 2 aliphatic carbocycles. The highest BCUT2D eigenvalue weighted by atomic mass is 79.9. The minimum atomic E-state index is -0.0295. The largest absolute Gasteiger partial charge is 0.325 e. The quantitative estimate of drug-likeness (QED) is 0.311. The molecule has 2 saturated carbocycles. The molecule has 2 nitrogen and oxygen atoms in total. The molecule has 0 radical (unpaired) electrons. The van der Waals surface area contributed by atoms with Gasteiger partial charge in [0.15, 0.2) is 0 Å². The van der Waals surface area contributed by atoms with Gasteiger partial charge in [0, 0.05) is 21.7 Å². The zero-order valence-corrected chi connectivity index (χ0v) is 21.1. The highest BCUT2D eigenvalue weighted by Crippen LogP contribution is 2.60. The summed E-state index contributed by atoms with van der Waals surface area (Å²) in [5.41, 5.74) is 15.0. The lowest BCUT2D eigenvalue weighted by Crippen LogP contribution is -2.64. The van der Waals surface area contributed by atoms with E-state index in [0.29, 0.717) is 0 Å². The third-order valence-corrected chi connectivity index (χ3v) is 9.18. The van der Waals surface area contributed by atoms with E-state index in [9.17, 15) is 0 Å². The first-order valence-electron chi connectivity index (χ1n) is 11.6. The standard InChI is InChI=1S/C23H44Br2N2/c1-3-9-20(11-5-7-13-22(20,26)15-17-24)19-21(10-4-2)12-6-8-14-23(21,27)16-18-25/h3-19,26-27H2,1-2H3. The van der Waals surface area contributed by atoms with E-state index in [0.717, 1.165) is 23.5 Å². The van der Waals surface area contributed by atoms with Gasteiger partial charge in [0.2, 0.25) is 0 Å². The van der Waals surface area contributed by atoms with Gasteiger partial charge < -0.3 is 11.5 Å². The van der Waals surface area contributed by atoms with Gasteiger partial charge in [0.1, 0.15) is 0 Å². The molecule has 0 saturated heterocycles. The lowest BCUT2D eigenvalue weighted by molar-refractivity contribution is -0.0592. The summed E-state index contributed by atoms with van der Waals surface area (Å²) in [7, 11) is 0. The highest BCUT2D eigenvalue weighted by Gasteiger charge is 2.57. The molecule has 0 aromatic rings. The maximum atomic E-state index is 7.29. The highest BCUT2D eigenvalue weighted by molar-refractivity contribution is 9.09. The van der Waals surface area contributed by atoms with Crippen molar-refractivity contribution < 1.29 is 0 Å². The molecule has 0 bridgehead atoms. The Morgan fingerprint density at radius 2 is 1.00 bits per heavy atom. The molecule has 27 heavy (non-hydrogen) atoms. The predicted molar refractivity (Wildman–Crippen MR) is 127 cm³/mol. The summed E-state index contributed by atoms with van der Waals surface area (Å²) >= 11 is 7.46. The zero-order valence-electron chi connectivity index (χ0n) is 17.9. The van der Waals surface area contributed by atoms with Gasteiger partial charge in [0.25, 0.3) is 0 Å². The first kappa shape index (κ1) is 24.2. The van der Waals surface area contributed by atoms with Gasteiger partial charge in [-0.15, -0.1) is 0 Å². The van der Waals surface area contributed by atoms with Crippen molar-refractivity contribution in [3.63, 3.8) is 0 Å². The number of hydrogen-bond donors (Lipinski definition) is 2. The fourth-order valence-corrected chi connectivity index (χ4v) is 8.43. The number of alkyl halides is 2. The lowest BCUT2D eigenvalue weighted by atomic mass is 9.47. The molecule has 4 unspecified atom stereocenters. The van der Waals surface area contributed by atoms with Crippen molar-refractivity contribution in [2.24, 2.45) is 22.3 Å². The molecule has 0 aromatic carbocycles. The Balaban J connectivity index is 2.47. The van der Waals surface area contributed by atoms with Crippen LogP contribution in [0.25, 0.3) is 0 Å². The van der Waals surface area contributed by atoms with Crippen molar-refractivity contribution in [1.82, 2.24) is 0 Å².